The van der Waals surface area contributed by atoms with E-state index in [9.17, 15) is 19.1 Å². The first-order valence-electron chi connectivity index (χ1n) is 8.87. The summed E-state index contributed by atoms with van der Waals surface area (Å²) in [6, 6.07) is 5.41. The van der Waals surface area contributed by atoms with Crippen molar-refractivity contribution in [2.24, 2.45) is 5.92 Å². The number of carbonyl (C=O) groups is 2. The van der Waals surface area contributed by atoms with Crippen LogP contribution in [0.5, 0.6) is 0 Å². The van der Waals surface area contributed by atoms with Gasteiger partial charge in [-0.05, 0) is 37.6 Å². The molecule has 1 aromatic heterocycles. The molecule has 27 heavy (non-hydrogen) atoms. The van der Waals surface area contributed by atoms with Gasteiger partial charge in [-0.1, -0.05) is 19.1 Å². The lowest BCUT2D eigenvalue weighted by molar-refractivity contribution is -0.150. The number of carbonyl (C=O) groups excluding carboxylic acids is 1. The highest BCUT2D eigenvalue weighted by atomic mass is 19.1. The zero-order chi connectivity index (χ0) is 19.6. The van der Waals surface area contributed by atoms with Crippen LogP contribution >= 0.6 is 0 Å². The van der Waals surface area contributed by atoms with E-state index in [0.29, 0.717) is 17.8 Å². The summed E-state index contributed by atoms with van der Waals surface area (Å²) in [4.78, 5) is 33.7. The number of hydrogen-bond donors (Lipinski definition) is 3. The van der Waals surface area contributed by atoms with Crippen LogP contribution in [0.15, 0.2) is 36.7 Å². The maximum Gasteiger partial charge on any atom is 0.324 e. The monoisotopic (exact) mass is 374 g/mol. The standard InChI is InChI=1S/C19H23FN4O3/c1-3-19(18(26)27)10-14(17(25)23-11-15-21-8-9-22-15)16(24(19)2)12-4-6-13(20)7-5-12/h4-9,14,16H,3,10-11H2,1-2H3,(H,21,22)(H,23,25)(H,26,27)/t14-,16-,19-/m0/s1. The number of H-pyrrole nitrogens is 1. The first-order chi connectivity index (χ1) is 12.9. The largest absolute Gasteiger partial charge is 0.480 e. The van der Waals surface area contributed by atoms with E-state index in [1.807, 2.05) is 0 Å². The van der Waals surface area contributed by atoms with Gasteiger partial charge in [0.25, 0.3) is 0 Å². The highest BCUT2D eigenvalue weighted by molar-refractivity contribution is 5.85. The van der Waals surface area contributed by atoms with Crippen LogP contribution in [0.2, 0.25) is 0 Å². The predicted octanol–water partition coefficient (Wildman–Crippen LogP) is 2.09. The summed E-state index contributed by atoms with van der Waals surface area (Å²) in [6.45, 7) is 2.03. The number of amides is 1. The molecule has 0 spiro atoms. The zero-order valence-electron chi connectivity index (χ0n) is 15.3. The Morgan fingerprint density at radius 2 is 2.11 bits per heavy atom. The van der Waals surface area contributed by atoms with Gasteiger partial charge in [-0.2, -0.15) is 0 Å². The number of halogens is 1. The van der Waals surface area contributed by atoms with Crippen molar-refractivity contribution >= 4 is 11.9 Å². The molecule has 2 aromatic rings. The summed E-state index contributed by atoms with van der Waals surface area (Å²) in [5.74, 6) is -1.54. The number of hydrogen-bond acceptors (Lipinski definition) is 4. The molecule has 1 aromatic carbocycles. The molecule has 0 radical (unpaired) electrons. The predicted molar refractivity (Wildman–Crippen MR) is 96.1 cm³/mol. The SMILES string of the molecule is CC[C@@]1(C(=O)O)C[C@H](C(=O)NCc2ncc[nH]2)[C@H](c2ccc(F)cc2)N1C. The average molecular weight is 374 g/mol. The van der Waals surface area contributed by atoms with Gasteiger partial charge in [0.15, 0.2) is 0 Å². The molecule has 0 unspecified atom stereocenters. The van der Waals surface area contributed by atoms with Crippen molar-refractivity contribution in [3.63, 3.8) is 0 Å². The van der Waals surface area contributed by atoms with Crippen LogP contribution in [-0.2, 0) is 16.1 Å². The van der Waals surface area contributed by atoms with Gasteiger partial charge in [0.1, 0.15) is 17.2 Å². The molecule has 144 valence electrons. The highest BCUT2D eigenvalue weighted by Gasteiger charge is 2.56. The van der Waals surface area contributed by atoms with Crippen LogP contribution in [0.1, 0.15) is 37.2 Å². The Bertz CT molecular complexity index is 809. The van der Waals surface area contributed by atoms with Gasteiger partial charge < -0.3 is 15.4 Å². The average Bonchev–Trinajstić information content (AvgIpc) is 3.27. The fourth-order valence-corrected chi connectivity index (χ4v) is 3.99. The van der Waals surface area contributed by atoms with E-state index in [1.54, 1.807) is 43.4 Å². The Morgan fingerprint density at radius 1 is 1.41 bits per heavy atom. The van der Waals surface area contributed by atoms with Crippen molar-refractivity contribution in [1.29, 1.82) is 0 Å². The van der Waals surface area contributed by atoms with Gasteiger partial charge in [-0.3, -0.25) is 14.5 Å². The zero-order valence-corrected chi connectivity index (χ0v) is 15.3. The molecule has 1 aliphatic heterocycles. The van der Waals surface area contributed by atoms with Gasteiger partial charge in [-0.15, -0.1) is 0 Å². The van der Waals surface area contributed by atoms with Crippen molar-refractivity contribution in [3.8, 4) is 0 Å². The molecule has 3 atom stereocenters. The van der Waals surface area contributed by atoms with Gasteiger partial charge in [0.05, 0.1) is 12.5 Å². The number of aliphatic carboxylic acids is 1. The molecule has 0 saturated carbocycles. The van der Waals surface area contributed by atoms with E-state index < -0.39 is 23.5 Å². The third-order valence-corrected chi connectivity index (χ3v) is 5.55. The summed E-state index contributed by atoms with van der Waals surface area (Å²) in [6.07, 6.45) is 3.80. The van der Waals surface area contributed by atoms with Crippen LogP contribution in [0.25, 0.3) is 0 Å². The maximum absolute atomic E-state index is 13.4. The van der Waals surface area contributed by atoms with Gasteiger partial charge in [0, 0.05) is 18.4 Å². The lowest BCUT2D eigenvalue weighted by atomic mass is 9.87. The number of carboxylic acid groups (broad SMARTS) is 1. The van der Waals surface area contributed by atoms with Crippen molar-refractivity contribution in [1.82, 2.24) is 20.2 Å². The number of aromatic nitrogens is 2. The Hall–Kier alpha value is -2.74. The Kier molecular flexibility index (Phi) is 5.27. The van der Waals surface area contributed by atoms with Crippen molar-refractivity contribution < 1.29 is 19.1 Å². The lowest BCUT2D eigenvalue weighted by Gasteiger charge is -2.34. The van der Waals surface area contributed by atoms with Crippen molar-refractivity contribution in [2.45, 2.75) is 37.9 Å². The van der Waals surface area contributed by atoms with E-state index in [0.717, 1.165) is 0 Å². The summed E-state index contributed by atoms with van der Waals surface area (Å²) >= 11 is 0. The summed E-state index contributed by atoms with van der Waals surface area (Å²) < 4.78 is 13.4. The highest BCUT2D eigenvalue weighted by Crippen LogP contribution is 2.47. The molecule has 8 heteroatoms. The van der Waals surface area contributed by atoms with Crippen molar-refractivity contribution in [2.75, 3.05) is 7.05 Å². The quantitative estimate of drug-likeness (QED) is 0.719. The molecule has 0 aliphatic carbocycles. The van der Waals surface area contributed by atoms with E-state index in [1.165, 1.54) is 12.1 Å². The minimum Gasteiger partial charge on any atom is -0.480 e. The molecular weight excluding hydrogens is 351 g/mol. The van der Waals surface area contributed by atoms with Crippen LogP contribution in [0.3, 0.4) is 0 Å². The molecule has 7 nitrogen and oxygen atoms in total. The first kappa shape index (κ1) is 19.0. The van der Waals surface area contributed by atoms with Gasteiger partial charge in [0.2, 0.25) is 5.91 Å². The lowest BCUT2D eigenvalue weighted by Crippen LogP contribution is -2.48. The van der Waals surface area contributed by atoms with E-state index in [4.69, 9.17) is 0 Å². The number of likely N-dealkylation sites (N-methyl/N-ethyl adjacent to an activating group) is 1. The Balaban J connectivity index is 1.91. The first-order valence-corrected chi connectivity index (χ1v) is 8.87. The second-order valence-corrected chi connectivity index (χ2v) is 6.86. The van der Waals surface area contributed by atoms with E-state index in [-0.39, 0.29) is 24.7 Å². The van der Waals surface area contributed by atoms with Gasteiger partial charge in [-0.25, -0.2) is 9.37 Å². The Labute approximate surface area is 156 Å². The molecule has 1 saturated heterocycles. The molecule has 1 fully saturated rings. The fourth-order valence-electron chi connectivity index (χ4n) is 3.99. The molecule has 0 bridgehead atoms. The third-order valence-electron chi connectivity index (χ3n) is 5.55. The van der Waals surface area contributed by atoms with E-state index in [2.05, 4.69) is 15.3 Å². The number of likely N-dealkylation sites (tertiary alicyclic amines) is 1. The minimum absolute atomic E-state index is 0.182. The summed E-state index contributed by atoms with van der Waals surface area (Å²) in [7, 11) is 1.71. The molecule has 2 heterocycles. The Morgan fingerprint density at radius 3 is 2.67 bits per heavy atom. The summed E-state index contributed by atoms with van der Waals surface area (Å²) in [5, 5.41) is 12.7. The third kappa shape index (κ3) is 3.44. The number of rotatable bonds is 6. The summed E-state index contributed by atoms with van der Waals surface area (Å²) in [5.41, 5.74) is -0.431. The normalized spacial score (nSPS) is 25.4. The van der Waals surface area contributed by atoms with E-state index >= 15 is 0 Å². The van der Waals surface area contributed by atoms with Crippen LogP contribution in [0, 0.1) is 11.7 Å². The second kappa shape index (κ2) is 7.48. The molecule has 3 rings (SSSR count). The number of benzene rings is 1. The van der Waals surface area contributed by atoms with Crippen LogP contribution in [-0.4, -0.2) is 44.4 Å². The fraction of sp³-hybridized carbons (Fsp3) is 0.421. The molecule has 1 aliphatic rings. The molecular formula is C19H23FN4O3. The number of nitrogens with one attached hydrogen (secondary N) is 2. The smallest absolute Gasteiger partial charge is 0.324 e. The minimum atomic E-state index is -1.15. The molecule has 1 amide bonds. The maximum atomic E-state index is 13.4. The van der Waals surface area contributed by atoms with Crippen LogP contribution < -0.4 is 5.32 Å². The van der Waals surface area contributed by atoms with Gasteiger partial charge >= 0.3 is 5.97 Å². The van der Waals surface area contributed by atoms with Crippen LogP contribution in [0.4, 0.5) is 4.39 Å². The van der Waals surface area contributed by atoms with Crippen molar-refractivity contribution in [3.05, 3.63) is 53.9 Å². The number of imidazole rings is 1. The molecule has 3 N–H and O–H groups in total. The second-order valence-electron chi connectivity index (χ2n) is 6.86. The number of aromatic amines is 1. The number of nitrogens with zero attached hydrogens (tertiary/aromatic N) is 2. The topological polar surface area (TPSA) is 98.3 Å². The number of carboxylic acids is 1.